The molecule has 0 saturated carbocycles. The smallest absolute Gasteiger partial charge is 0.352 e. The number of rotatable bonds is 9. The Hall–Kier alpha value is -1.38. The fraction of sp³-hybridized carbons (Fsp3) is 0.615. The molecular weight excluding hydrogens is 296 g/mol. The molecule has 1 heterocycles. The molecular formula is C13H22N2O5S. The molecule has 0 unspecified atom stereocenters. The summed E-state index contributed by atoms with van der Waals surface area (Å²) < 4.78 is 31.7. The second-order valence-electron chi connectivity index (χ2n) is 4.63. The molecule has 0 bridgehead atoms. The van der Waals surface area contributed by atoms with Crippen LogP contribution >= 0.6 is 0 Å². The number of hydrogen-bond donors (Lipinski definition) is 2. The van der Waals surface area contributed by atoms with Gasteiger partial charge in [0.15, 0.2) is 0 Å². The molecule has 0 aliphatic heterocycles. The van der Waals surface area contributed by atoms with Gasteiger partial charge >= 0.3 is 5.97 Å². The van der Waals surface area contributed by atoms with Crippen LogP contribution in [0.5, 0.6) is 0 Å². The Morgan fingerprint density at radius 2 is 2.05 bits per heavy atom. The van der Waals surface area contributed by atoms with Crippen LogP contribution in [0.2, 0.25) is 0 Å². The highest BCUT2D eigenvalue weighted by Gasteiger charge is 2.30. The van der Waals surface area contributed by atoms with Gasteiger partial charge in [0.2, 0.25) is 10.0 Å². The van der Waals surface area contributed by atoms with Crippen molar-refractivity contribution in [2.24, 2.45) is 0 Å². The SMILES string of the molecule is CCC(CC)N(CCOC)S(=O)(=O)c1c[nH]c(C(=O)O)c1. The lowest BCUT2D eigenvalue weighted by atomic mass is 10.2. The van der Waals surface area contributed by atoms with Crippen LogP contribution < -0.4 is 0 Å². The van der Waals surface area contributed by atoms with Crippen molar-refractivity contribution in [1.82, 2.24) is 9.29 Å². The van der Waals surface area contributed by atoms with E-state index in [0.29, 0.717) is 12.8 Å². The Morgan fingerprint density at radius 1 is 1.43 bits per heavy atom. The highest BCUT2D eigenvalue weighted by molar-refractivity contribution is 7.89. The number of nitrogens with zero attached hydrogens (tertiary/aromatic N) is 1. The number of aromatic nitrogens is 1. The zero-order chi connectivity index (χ0) is 16.0. The van der Waals surface area contributed by atoms with Crippen molar-refractivity contribution in [2.75, 3.05) is 20.3 Å². The lowest BCUT2D eigenvalue weighted by Crippen LogP contribution is -2.41. The van der Waals surface area contributed by atoms with E-state index < -0.39 is 16.0 Å². The van der Waals surface area contributed by atoms with Gasteiger partial charge in [-0.25, -0.2) is 13.2 Å². The summed E-state index contributed by atoms with van der Waals surface area (Å²) in [5.41, 5.74) is -0.148. The minimum absolute atomic E-state index is 0.0390. The van der Waals surface area contributed by atoms with Gasteiger partial charge in [0, 0.05) is 25.9 Å². The molecule has 0 aliphatic carbocycles. The van der Waals surface area contributed by atoms with Gasteiger partial charge in [-0.1, -0.05) is 13.8 Å². The first-order valence-electron chi connectivity index (χ1n) is 6.80. The quantitative estimate of drug-likeness (QED) is 0.719. The second kappa shape index (κ2) is 7.58. The third-order valence-electron chi connectivity index (χ3n) is 3.36. The van der Waals surface area contributed by atoms with E-state index >= 15 is 0 Å². The molecule has 8 heteroatoms. The summed E-state index contributed by atoms with van der Waals surface area (Å²) in [5.74, 6) is -1.19. The lowest BCUT2D eigenvalue weighted by molar-refractivity contribution is 0.0691. The zero-order valence-corrected chi connectivity index (χ0v) is 13.3. The third-order valence-corrected chi connectivity index (χ3v) is 5.29. The van der Waals surface area contributed by atoms with E-state index in [2.05, 4.69) is 4.98 Å². The van der Waals surface area contributed by atoms with Crippen molar-refractivity contribution in [3.05, 3.63) is 18.0 Å². The molecule has 0 saturated heterocycles. The molecule has 1 aromatic heterocycles. The number of nitrogens with one attached hydrogen (secondary N) is 1. The fourth-order valence-electron chi connectivity index (χ4n) is 2.16. The minimum Gasteiger partial charge on any atom is -0.477 e. The molecule has 0 aliphatic rings. The summed E-state index contributed by atoms with van der Waals surface area (Å²) in [6.07, 6.45) is 2.56. The van der Waals surface area contributed by atoms with Gasteiger partial charge in [0.25, 0.3) is 0 Å². The van der Waals surface area contributed by atoms with Crippen molar-refractivity contribution < 1.29 is 23.1 Å². The molecule has 21 heavy (non-hydrogen) atoms. The average molecular weight is 318 g/mol. The van der Waals surface area contributed by atoms with Gasteiger partial charge in [-0.2, -0.15) is 4.31 Å². The van der Waals surface area contributed by atoms with Crippen molar-refractivity contribution in [3.8, 4) is 0 Å². The monoisotopic (exact) mass is 318 g/mol. The van der Waals surface area contributed by atoms with Crippen LogP contribution in [-0.4, -0.2) is 55.1 Å². The summed E-state index contributed by atoms with van der Waals surface area (Å²) in [7, 11) is -2.24. The number of H-pyrrole nitrogens is 1. The molecule has 0 aromatic carbocycles. The maximum Gasteiger partial charge on any atom is 0.352 e. The summed E-state index contributed by atoms with van der Waals surface area (Å²) in [6, 6.07) is 0.994. The van der Waals surface area contributed by atoms with Crippen LogP contribution in [0.1, 0.15) is 37.2 Å². The van der Waals surface area contributed by atoms with Gasteiger partial charge in [0.05, 0.1) is 6.61 Å². The van der Waals surface area contributed by atoms with Crippen LogP contribution in [0.15, 0.2) is 17.2 Å². The zero-order valence-electron chi connectivity index (χ0n) is 12.5. The lowest BCUT2D eigenvalue weighted by Gasteiger charge is -2.28. The summed E-state index contributed by atoms with van der Waals surface area (Å²) in [4.78, 5) is 13.3. The van der Waals surface area contributed by atoms with E-state index in [1.54, 1.807) is 0 Å². The van der Waals surface area contributed by atoms with E-state index in [0.717, 1.165) is 6.07 Å². The average Bonchev–Trinajstić information content (AvgIpc) is 2.94. The minimum atomic E-state index is -3.75. The first-order valence-corrected chi connectivity index (χ1v) is 8.24. The first-order chi connectivity index (χ1) is 9.88. The van der Waals surface area contributed by atoms with E-state index in [9.17, 15) is 13.2 Å². The van der Waals surface area contributed by atoms with Crippen LogP contribution in [0.4, 0.5) is 0 Å². The number of carbonyl (C=O) groups is 1. The molecule has 120 valence electrons. The van der Waals surface area contributed by atoms with Crippen molar-refractivity contribution in [2.45, 2.75) is 37.6 Å². The highest BCUT2D eigenvalue weighted by atomic mass is 32.2. The second-order valence-corrected chi connectivity index (χ2v) is 6.52. The number of carboxylic acids is 1. The number of aromatic carboxylic acids is 1. The maximum atomic E-state index is 12.7. The van der Waals surface area contributed by atoms with Gasteiger partial charge < -0.3 is 14.8 Å². The van der Waals surface area contributed by atoms with E-state index in [-0.39, 0.29) is 29.8 Å². The predicted octanol–water partition coefficient (Wildman–Crippen LogP) is 1.54. The molecule has 1 rings (SSSR count). The van der Waals surface area contributed by atoms with Crippen LogP contribution in [0.25, 0.3) is 0 Å². The summed E-state index contributed by atoms with van der Waals surface area (Å²) in [5, 5.41) is 8.89. The molecule has 0 amide bonds. The molecule has 0 atom stereocenters. The molecule has 0 fully saturated rings. The summed E-state index contributed by atoms with van der Waals surface area (Å²) in [6.45, 7) is 4.36. The number of carboxylic acid groups (broad SMARTS) is 1. The molecule has 0 radical (unpaired) electrons. The Labute approximate surface area is 125 Å². The summed E-state index contributed by atoms with van der Waals surface area (Å²) >= 11 is 0. The van der Waals surface area contributed by atoms with Gasteiger partial charge in [0.1, 0.15) is 10.6 Å². The largest absolute Gasteiger partial charge is 0.477 e. The Kier molecular flexibility index (Phi) is 6.38. The number of aromatic amines is 1. The van der Waals surface area contributed by atoms with Gasteiger partial charge in [-0.15, -0.1) is 0 Å². The normalized spacial score (nSPS) is 12.2. The Bertz CT molecular complexity index is 563. The van der Waals surface area contributed by atoms with E-state index in [1.165, 1.54) is 17.6 Å². The topological polar surface area (TPSA) is 99.7 Å². The Balaban J connectivity index is 3.15. The van der Waals surface area contributed by atoms with E-state index in [1.807, 2.05) is 13.8 Å². The fourth-order valence-corrected chi connectivity index (χ4v) is 3.91. The van der Waals surface area contributed by atoms with E-state index in [4.69, 9.17) is 9.84 Å². The maximum absolute atomic E-state index is 12.7. The number of hydrogen-bond acceptors (Lipinski definition) is 4. The van der Waals surface area contributed by atoms with Crippen molar-refractivity contribution in [3.63, 3.8) is 0 Å². The number of methoxy groups -OCH3 is 1. The number of ether oxygens (including phenoxy) is 1. The first kappa shape index (κ1) is 17.7. The van der Waals surface area contributed by atoms with Crippen LogP contribution in [0, 0.1) is 0 Å². The third kappa shape index (κ3) is 4.05. The van der Waals surface area contributed by atoms with Crippen LogP contribution in [0.3, 0.4) is 0 Å². The highest BCUT2D eigenvalue weighted by Crippen LogP contribution is 2.22. The van der Waals surface area contributed by atoms with Crippen molar-refractivity contribution in [1.29, 1.82) is 0 Å². The molecule has 2 N–H and O–H groups in total. The van der Waals surface area contributed by atoms with Crippen molar-refractivity contribution >= 4 is 16.0 Å². The van der Waals surface area contributed by atoms with Gasteiger partial charge in [-0.3, -0.25) is 0 Å². The molecule has 0 spiro atoms. The standard InChI is InChI=1S/C13H22N2O5S/c1-4-10(5-2)15(6-7-20-3)21(18,19)11-8-12(13(16)17)14-9-11/h8-10,14H,4-7H2,1-3H3,(H,16,17). The molecule has 1 aromatic rings. The number of sulfonamides is 1. The molecule has 7 nitrogen and oxygen atoms in total. The van der Waals surface area contributed by atoms with Gasteiger partial charge in [-0.05, 0) is 18.9 Å². The van der Waals surface area contributed by atoms with Crippen LogP contribution in [-0.2, 0) is 14.8 Å². The predicted molar refractivity (Wildman–Crippen MR) is 77.9 cm³/mol. The Morgan fingerprint density at radius 3 is 2.48 bits per heavy atom.